The van der Waals surface area contributed by atoms with Crippen LogP contribution in [0, 0.1) is 0 Å². The molecule has 0 radical (unpaired) electrons. The number of aromatic amines is 1. The van der Waals surface area contributed by atoms with Gasteiger partial charge in [-0.2, -0.15) is 0 Å². The minimum atomic E-state index is -0.105. The molecule has 0 atom stereocenters. The maximum absolute atomic E-state index is 11.6. The summed E-state index contributed by atoms with van der Waals surface area (Å²) in [4.78, 5) is 14.5. The summed E-state index contributed by atoms with van der Waals surface area (Å²) in [5, 5.41) is 3.31. The van der Waals surface area contributed by atoms with E-state index in [1.165, 1.54) is 0 Å². The summed E-state index contributed by atoms with van der Waals surface area (Å²) in [6.07, 6.45) is 2.25. The second kappa shape index (κ2) is 4.49. The Morgan fingerprint density at radius 2 is 2.11 bits per heavy atom. The number of piperidine rings is 1. The lowest BCUT2D eigenvalue weighted by Gasteiger charge is -2.24. The summed E-state index contributed by atoms with van der Waals surface area (Å²) in [7, 11) is 1.76. The fraction of sp³-hybridized carbons (Fsp3) is 0.462. The Labute approximate surface area is 105 Å². The zero-order valence-corrected chi connectivity index (χ0v) is 10.4. The van der Waals surface area contributed by atoms with Gasteiger partial charge in [-0.05, 0) is 38.1 Å². The minimum absolute atomic E-state index is 0.105. The molecular weight excluding hydrogens is 230 g/mol. The molecule has 5 heteroatoms. The third kappa shape index (κ3) is 1.90. The monoisotopic (exact) mass is 247 g/mol. The highest BCUT2D eigenvalue weighted by atomic mass is 16.5. The summed E-state index contributed by atoms with van der Waals surface area (Å²) >= 11 is 0. The molecule has 0 bridgehead atoms. The van der Waals surface area contributed by atoms with Crippen molar-refractivity contribution >= 4 is 11.0 Å². The predicted octanol–water partition coefficient (Wildman–Crippen LogP) is 0.997. The van der Waals surface area contributed by atoms with Crippen LogP contribution in [0.25, 0.3) is 11.0 Å². The number of imidazole rings is 1. The van der Waals surface area contributed by atoms with Gasteiger partial charge in [0.25, 0.3) is 0 Å². The van der Waals surface area contributed by atoms with Crippen LogP contribution in [0.15, 0.2) is 23.0 Å². The van der Waals surface area contributed by atoms with Crippen molar-refractivity contribution in [3.05, 3.63) is 28.7 Å². The third-order valence-corrected chi connectivity index (χ3v) is 3.48. The minimum Gasteiger partial charge on any atom is -0.488 e. The molecule has 0 saturated carbocycles. The normalized spacial score (nSPS) is 17.2. The van der Waals surface area contributed by atoms with Crippen molar-refractivity contribution in [3.63, 3.8) is 0 Å². The SMILES string of the molecule is Cn1c(=O)[nH]c2c(OC3CCNCC3)cccc21. The molecule has 0 aliphatic carbocycles. The Morgan fingerprint density at radius 3 is 2.89 bits per heavy atom. The predicted molar refractivity (Wildman–Crippen MR) is 70.1 cm³/mol. The number of fused-ring (bicyclic) bond motifs is 1. The molecule has 0 unspecified atom stereocenters. The number of nitrogens with one attached hydrogen (secondary N) is 2. The van der Waals surface area contributed by atoms with Crippen molar-refractivity contribution in [2.24, 2.45) is 7.05 Å². The molecule has 1 aliphatic heterocycles. The number of nitrogens with zero attached hydrogens (tertiary/aromatic N) is 1. The first kappa shape index (κ1) is 11.3. The third-order valence-electron chi connectivity index (χ3n) is 3.48. The Balaban J connectivity index is 1.96. The highest BCUT2D eigenvalue weighted by molar-refractivity contribution is 5.81. The molecule has 2 N–H and O–H groups in total. The van der Waals surface area contributed by atoms with E-state index in [9.17, 15) is 4.79 Å². The van der Waals surface area contributed by atoms with Crippen molar-refractivity contribution in [1.29, 1.82) is 0 Å². The van der Waals surface area contributed by atoms with Crippen LogP contribution in [0.5, 0.6) is 5.75 Å². The van der Waals surface area contributed by atoms with Gasteiger partial charge in [0, 0.05) is 7.05 Å². The van der Waals surface area contributed by atoms with Crippen LogP contribution >= 0.6 is 0 Å². The first-order chi connectivity index (χ1) is 8.75. The van der Waals surface area contributed by atoms with Crippen LogP contribution in [0.1, 0.15) is 12.8 Å². The van der Waals surface area contributed by atoms with Crippen molar-refractivity contribution in [2.75, 3.05) is 13.1 Å². The van der Waals surface area contributed by atoms with E-state index in [1.807, 2.05) is 18.2 Å². The topological polar surface area (TPSA) is 59.0 Å². The van der Waals surface area contributed by atoms with Crippen LogP contribution in [0.3, 0.4) is 0 Å². The molecule has 1 aromatic heterocycles. The van der Waals surface area contributed by atoms with Crippen LogP contribution in [0.4, 0.5) is 0 Å². The van der Waals surface area contributed by atoms with Gasteiger partial charge in [0.15, 0.2) is 0 Å². The van der Waals surface area contributed by atoms with Crippen LogP contribution in [-0.4, -0.2) is 28.7 Å². The van der Waals surface area contributed by atoms with E-state index in [1.54, 1.807) is 11.6 Å². The number of aryl methyl sites for hydroxylation is 1. The first-order valence-electron chi connectivity index (χ1n) is 6.31. The lowest BCUT2D eigenvalue weighted by Crippen LogP contribution is -2.34. The molecule has 0 amide bonds. The molecule has 5 nitrogen and oxygen atoms in total. The molecule has 0 spiro atoms. The maximum Gasteiger partial charge on any atom is 0.326 e. The fourth-order valence-electron chi connectivity index (χ4n) is 2.42. The number of para-hydroxylation sites is 1. The van der Waals surface area contributed by atoms with Gasteiger partial charge in [-0.15, -0.1) is 0 Å². The highest BCUT2D eigenvalue weighted by Crippen LogP contribution is 2.24. The lowest BCUT2D eigenvalue weighted by atomic mass is 10.1. The fourth-order valence-corrected chi connectivity index (χ4v) is 2.42. The van der Waals surface area contributed by atoms with E-state index in [-0.39, 0.29) is 11.8 Å². The zero-order valence-electron chi connectivity index (χ0n) is 10.4. The van der Waals surface area contributed by atoms with E-state index < -0.39 is 0 Å². The largest absolute Gasteiger partial charge is 0.488 e. The van der Waals surface area contributed by atoms with E-state index in [2.05, 4.69) is 10.3 Å². The van der Waals surface area contributed by atoms with E-state index >= 15 is 0 Å². The molecule has 3 rings (SSSR count). The molecule has 1 fully saturated rings. The smallest absolute Gasteiger partial charge is 0.326 e. The average molecular weight is 247 g/mol. The number of rotatable bonds is 2. The zero-order chi connectivity index (χ0) is 12.5. The number of H-pyrrole nitrogens is 1. The van der Waals surface area contributed by atoms with Crippen LogP contribution < -0.4 is 15.7 Å². The summed E-state index contributed by atoms with van der Waals surface area (Å²) < 4.78 is 7.62. The molecule has 96 valence electrons. The van der Waals surface area contributed by atoms with Crippen molar-refractivity contribution in [3.8, 4) is 5.75 Å². The van der Waals surface area contributed by atoms with Gasteiger partial charge in [0.2, 0.25) is 0 Å². The number of benzene rings is 1. The molecular formula is C13H17N3O2. The average Bonchev–Trinajstić information content (AvgIpc) is 2.69. The quantitative estimate of drug-likeness (QED) is 0.832. The standard InChI is InChI=1S/C13H17N3O2/c1-16-10-3-2-4-11(12(10)15-13(16)17)18-9-5-7-14-8-6-9/h2-4,9,14H,5-8H2,1H3,(H,15,17). The first-order valence-corrected chi connectivity index (χ1v) is 6.31. The van der Waals surface area contributed by atoms with Crippen molar-refractivity contribution < 1.29 is 4.74 Å². The second-order valence-corrected chi connectivity index (χ2v) is 4.71. The van der Waals surface area contributed by atoms with Gasteiger partial charge in [-0.25, -0.2) is 4.79 Å². The van der Waals surface area contributed by atoms with Gasteiger partial charge < -0.3 is 15.0 Å². The second-order valence-electron chi connectivity index (χ2n) is 4.71. The van der Waals surface area contributed by atoms with Gasteiger partial charge >= 0.3 is 5.69 Å². The molecule has 2 heterocycles. The van der Waals surface area contributed by atoms with Gasteiger partial charge in [-0.1, -0.05) is 6.07 Å². The van der Waals surface area contributed by atoms with Gasteiger partial charge in [0.1, 0.15) is 17.4 Å². The number of aromatic nitrogens is 2. The molecule has 1 aromatic carbocycles. The Morgan fingerprint density at radius 1 is 1.33 bits per heavy atom. The summed E-state index contributed by atoms with van der Waals surface area (Å²) in [5.41, 5.74) is 1.57. The molecule has 1 saturated heterocycles. The highest BCUT2D eigenvalue weighted by Gasteiger charge is 2.16. The Kier molecular flexibility index (Phi) is 2.83. The van der Waals surface area contributed by atoms with E-state index in [0.29, 0.717) is 0 Å². The summed E-state index contributed by atoms with van der Waals surface area (Å²) in [6, 6.07) is 5.76. The van der Waals surface area contributed by atoms with Crippen LogP contribution in [0.2, 0.25) is 0 Å². The summed E-state index contributed by atoms with van der Waals surface area (Å²) in [5.74, 6) is 0.775. The molecule has 18 heavy (non-hydrogen) atoms. The number of hydrogen-bond donors (Lipinski definition) is 2. The van der Waals surface area contributed by atoms with E-state index in [4.69, 9.17) is 4.74 Å². The molecule has 2 aromatic rings. The Hall–Kier alpha value is -1.75. The maximum atomic E-state index is 11.6. The van der Waals surface area contributed by atoms with Gasteiger partial charge in [0.05, 0.1) is 5.52 Å². The number of hydrogen-bond acceptors (Lipinski definition) is 3. The van der Waals surface area contributed by atoms with E-state index in [0.717, 1.165) is 42.7 Å². The van der Waals surface area contributed by atoms with Crippen molar-refractivity contribution in [1.82, 2.24) is 14.9 Å². The Bertz CT molecular complexity index is 608. The number of ether oxygens (including phenoxy) is 1. The van der Waals surface area contributed by atoms with Gasteiger partial charge in [-0.3, -0.25) is 4.57 Å². The summed E-state index contributed by atoms with van der Waals surface area (Å²) in [6.45, 7) is 1.98. The van der Waals surface area contributed by atoms with Crippen LogP contribution in [-0.2, 0) is 7.05 Å². The van der Waals surface area contributed by atoms with Crippen molar-refractivity contribution in [2.45, 2.75) is 18.9 Å². The lowest BCUT2D eigenvalue weighted by molar-refractivity contribution is 0.164. The molecule has 1 aliphatic rings.